The molecule has 32 heavy (non-hydrogen) atoms. The van der Waals surface area contributed by atoms with Gasteiger partial charge in [0.1, 0.15) is 17.5 Å². The smallest absolute Gasteiger partial charge is 0.267 e. The first-order valence-corrected chi connectivity index (χ1v) is 11.6. The molecular weight excluding hydrogens is 438 g/mol. The number of benzene rings is 1. The second-order valence-corrected chi connectivity index (χ2v) is 9.30. The molecule has 3 heterocycles. The first kappa shape index (κ1) is 22.2. The van der Waals surface area contributed by atoms with Gasteiger partial charge in [-0.25, -0.2) is 22.2 Å². The Morgan fingerprint density at radius 3 is 2.31 bits per heavy atom. The lowest BCUT2D eigenvalue weighted by molar-refractivity contribution is 0.522. The molecule has 1 aromatic carbocycles. The summed E-state index contributed by atoms with van der Waals surface area (Å²) < 4.78 is 59.3. The maximum atomic E-state index is 14.9. The summed E-state index contributed by atoms with van der Waals surface area (Å²) in [6.07, 6.45) is 1.57. The highest BCUT2D eigenvalue weighted by Gasteiger charge is 2.27. The third-order valence-electron chi connectivity index (χ3n) is 5.53. The van der Waals surface area contributed by atoms with Crippen LogP contribution in [0.15, 0.2) is 35.4 Å². The van der Waals surface area contributed by atoms with E-state index in [4.69, 9.17) is 0 Å². The van der Waals surface area contributed by atoms with Gasteiger partial charge in [-0.05, 0) is 49.2 Å². The fourth-order valence-corrected chi connectivity index (χ4v) is 5.05. The molecule has 0 radical (unpaired) electrons. The molecule has 2 N–H and O–H groups in total. The van der Waals surface area contributed by atoms with Gasteiger partial charge in [-0.15, -0.1) is 0 Å². The number of aromatic nitrogens is 3. The van der Waals surface area contributed by atoms with Crippen molar-refractivity contribution in [2.75, 3.05) is 35.8 Å². The summed E-state index contributed by atoms with van der Waals surface area (Å²) >= 11 is 0. The monoisotopic (exact) mass is 462 g/mol. The van der Waals surface area contributed by atoms with Crippen molar-refractivity contribution in [2.45, 2.75) is 18.7 Å². The van der Waals surface area contributed by atoms with Crippen molar-refractivity contribution in [2.24, 2.45) is 7.05 Å². The van der Waals surface area contributed by atoms with Crippen LogP contribution in [-0.4, -0.2) is 49.4 Å². The van der Waals surface area contributed by atoms with E-state index in [1.165, 1.54) is 4.68 Å². The van der Waals surface area contributed by atoms with Gasteiger partial charge in [-0.2, -0.15) is 5.10 Å². The maximum Gasteiger partial charge on any atom is 0.267 e. The average molecular weight is 463 g/mol. The van der Waals surface area contributed by atoms with Crippen molar-refractivity contribution >= 4 is 21.5 Å². The summed E-state index contributed by atoms with van der Waals surface area (Å²) in [6, 6.07) is 5.43. The van der Waals surface area contributed by atoms with Crippen molar-refractivity contribution < 1.29 is 17.2 Å². The molecule has 4 rings (SSSR count). The van der Waals surface area contributed by atoms with Crippen molar-refractivity contribution in [3.63, 3.8) is 0 Å². The quantitative estimate of drug-likeness (QED) is 0.606. The van der Waals surface area contributed by atoms with E-state index >= 15 is 0 Å². The number of nitrogens with one attached hydrogen (secondary N) is 2. The SMILES string of the molecule is Cc1nn(C)c(C)c1NS(=O)(=O)c1c(F)cc(-c2ccnc(N3CCNCC3)c2)cc1F. The first-order valence-electron chi connectivity index (χ1n) is 10.1. The van der Waals surface area contributed by atoms with Crippen LogP contribution in [0.5, 0.6) is 0 Å². The number of nitrogens with zero attached hydrogens (tertiary/aromatic N) is 4. The number of sulfonamides is 1. The van der Waals surface area contributed by atoms with Gasteiger partial charge in [0.15, 0.2) is 4.90 Å². The van der Waals surface area contributed by atoms with Gasteiger partial charge in [-0.3, -0.25) is 9.40 Å². The Balaban J connectivity index is 1.68. The molecule has 0 unspecified atom stereocenters. The lowest BCUT2D eigenvalue weighted by Gasteiger charge is -2.28. The van der Waals surface area contributed by atoms with Gasteiger partial charge in [0.2, 0.25) is 0 Å². The van der Waals surface area contributed by atoms with Gasteiger partial charge in [0.05, 0.1) is 17.1 Å². The van der Waals surface area contributed by atoms with Crippen LogP contribution in [0.25, 0.3) is 11.1 Å². The van der Waals surface area contributed by atoms with Crippen molar-refractivity contribution in [1.29, 1.82) is 0 Å². The molecular formula is C21H24F2N6O2S. The summed E-state index contributed by atoms with van der Waals surface area (Å²) in [5.74, 6) is -1.65. The zero-order chi connectivity index (χ0) is 23.0. The molecule has 3 aromatic rings. The number of hydrogen-bond acceptors (Lipinski definition) is 6. The second kappa shape index (κ2) is 8.47. The summed E-state index contributed by atoms with van der Waals surface area (Å²) in [7, 11) is -2.86. The third kappa shape index (κ3) is 4.17. The van der Waals surface area contributed by atoms with Crippen molar-refractivity contribution in [3.05, 3.63) is 53.5 Å². The van der Waals surface area contributed by atoms with E-state index < -0.39 is 26.6 Å². The minimum absolute atomic E-state index is 0.199. The topological polar surface area (TPSA) is 92.1 Å². The normalized spacial score (nSPS) is 14.6. The van der Waals surface area contributed by atoms with E-state index in [-0.39, 0.29) is 11.3 Å². The molecule has 1 saturated heterocycles. The number of piperazine rings is 1. The lowest BCUT2D eigenvalue weighted by atomic mass is 10.1. The molecule has 8 nitrogen and oxygen atoms in total. The van der Waals surface area contributed by atoms with E-state index in [9.17, 15) is 17.2 Å². The molecule has 0 saturated carbocycles. The molecule has 11 heteroatoms. The van der Waals surface area contributed by atoms with Gasteiger partial charge in [0, 0.05) is 39.4 Å². The zero-order valence-corrected chi connectivity index (χ0v) is 18.8. The summed E-state index contributed by atoms with van der Waals surface area (Å²) in [4.78, 5) is 5.40. The van der Waals surface area contributed by atoms with Gasteiger partial charge in [-0.1, -0.05) is 0 Å². The molecule has 0 atom stereocenters. The van der Waals surface area contributed by atoms with Crippen LogP contribution in [0.1, 0.15) is 11.4 Å². The largest absolute Gasteiger partial charge is 0.354 e. The molecule has 1 fully saturated rings. The highest BCUT2D eigenvalue weighted by atomic mass is 32.2. The number of anilines is 2. The Labute approximate surface area is 185 Å². The molecule has 0 aliphatic carbocycles. The average Bonchev–Trinajstić information content (AvgIpc) is 2.99. The van der Waals surface area contributed by atoms with Crippen LogP contribution in [0, 0.1) is 25.5 Å². The van der Waals surface area contributed by atoms with Crippen LogP contribution in [0.4, 0.5) is 20.3 Å². The fraction of sp³-hybridized carbons (Fsp3) is 0.333. The Kier molecular flexibility index (Phi) is 5.87. The van der Waals surface area contributed by atoms with Gasteiger partial charge >= 0.3 is 0 Å². The van der Waals surface area contributed by atoms with E-state index in [2.05, 4.69) is 25.0 Å². The molecule has 1 aliphatic rings. The van der Waals surface area contributed by atoms with E-state index in [1.54, 1.807) is 39.2 Å². The fourth-order valence-electron chi connectivity index (χ4n) is 3.75. The lowest BCUT2D eigenvalue weighted by Crippen LogP contribution is -2.43. The highest BCUT2D eigenvalue weighted by Crippen LogP contribution is 2.30. The van der Waals surface area contributed by atoms with Crippen LogP contribution in [0.2, 0.25) is 0 Å². The third-order valence-corrected chi connectivity index (χ3v) is 6.93. The number of halogens is 2. The minimum atomic E-state index is -4.51. The predicted molar refractivity (Wildman–Crippen MR) is 118 cm³/mol. The van der Waals surface area contributed by atoms with Crippen LogP contribution in [0.3, 0.4) is 0 Å². The zero-order valence-electron chi connectivity index (χ0n) is 18.0. The maximum absolute atomic E-state index is 14.9. The summed E-state index contributed by atoms with van der Waals surface area (Å²) in [6.45, 7) is 6.47. The Hall–Kier alpha value is -3.05. The molecule has 2 aromatic heterocycles. The Morgan fingerprint density at radius 2 is 1.72 bits per heavy atom. The van der Waals surface area contributed by atoms with E-state index in [0.29, 0.717) is 22.8 Å². The number of pyridine rings is 1. The van der Waals surface area contributed by atoms with Gasteiger partial charge in [0.25, 0.3) is 10.0 Å². The number of hydrogen-bond donors (Lipinski definition) is 2. The van der Waals surface area contributed by atoms with Crippen LogP contribution < -0.4 is 14.9 Å². The first-order chi connectivity index (χ1) is 15.2. The Morgan fingerprint density at radius 1 is 1.06 bits per heavy atom. The van der Waals surface area contributed by atoms with Crippen LogP contribution >= 0.6 is 0 Å². The molecule has 1 aliphatic heterocycles. The second-order valence-electron chi connectivity index (χ2n) is 7.68. The summed E-state index contributed by atoms with van der Waals surface area (Å²) in [5, 5.41) is 7.38. The Bertz CT molecular complexity index is 1250. The molecule has 0 spiro atoms. The van der Waals surface area contributed by atoms with Crippen molar-refractivity contribution in [1.82, 2.24) is 20.1 Å². The summed E-state index contributed by atoms with van der Waals surface area (Å²) in [5.41, 5.74) is 1.91. The van der Waals surface area contributed by atoms with Crippen molar-refractivity contribution in [3.8, 4) is 11.1 Å². The predicted octanol–water partition coefficient (Wildman–Crippen LogP) is 2.59. The van der Waals surface area contributed by atoms with E-state index in [0.717, 1.165) is 38.3 Å². The van der Waals surface area contributed by atoms with Gasteiger partial charge < -0.3 is 10.2 Å². The standard InChI is InChI=1S/C21H24F2N6O2S/c1-13-20(14(2)28(3)26-13)27-32(30,31)21-17(22)10-16(11-18(21)23)15-4-5-25-19(12-15)29-8-6-24-7-9-29/h4-5,10-12,24,27H,6-9H2,1-3H3. The molecule has 0 bridgehead atoms. The minimum Gasteiger partial charge on any atom is -0.354 e. The van der Waals surface area contributed by atoms with E-state index in [1.807, 2.05) is 0 Å². The molecule has 170 valence electrons. The van der Waals surface area contributed by atoms with Crippen LogP contribution in [-0.2, 0) is 17.1 Å². The molecule has 0 amide bonds. The highest BCUT2D eigenvalue weighted by molar-refractivity contribution is 7.92. The number of aryl methyl sites for hydroxylation is 2. The number of rotatable bonds is 5.